The molecule has 0 aliphatic rings. The average Bonchev–Trinajstić information content (AvgIpc) is 2.45. The van der Waals surface area contributed by atoms with Crippen molar-refractivity contribution in [3.05, 3.63) is 12.7 Å². The standard InChI is InChI=1S/C13H28O6P2S/c1-7-12-13(22-6,20(14,16-8-2)17-9-3)21(15,18-10-4)19-11-5/h7H,1,8-12H2,2-6H3. The molecule has 0 fully saturated rings. The van der Waals surface area contributed by atoms with Gasteiger partial charge in [-0.1, -0.05) is 6.08 Å². The lowest BCUT2D eigenvalue weighted by Crippen LogP contribution is -2.29. The summed E-state index contributed by atoms with van der Waals surface area (Å²) in [4.78, 5) is 0. The minimum absolute atomic E-state index is 0.114. The maximum absolute atomic E-state index is 13.4. The quantitative estimate of drug-likeness (QED) is 0.328. The van der Waals surface area contributed by atoms with Crippen LogP contribution in [-0.4, -0.2) is 36.9 Å². The Hall–Kier alpha value is 0.390. The van der Waals surface area contributed by atoms with Gasteiger partial charge >= 0.3 is 15.2 Å². The van der Waals surface area contributed by atoms with Crippen molar-refractivity contribution in [3.63, 3.8) is 0 Å². The molecule has 0 unspecified atom stereocenters. The van der Waals surface area contributed by atoms with Crippen LogP contribution in [-0.2, 0) is 27.2 Å². The van der Waals surface area contributed by atoms with E-state index in [1.54, 1.807) is 34.0 Å². The zero-order valence-corrected chi connectivity index (χ0v) is 16.7. The molecule has 132 valence electrons. The van der Waals surface area contributed by atoms with Crippen molar-refractivity contribution in [1.82, 2.24) is 0 Å². The third-order valence-electron chi connectivity index (χ3n) is 2.79. The van der Waals surface area contributed by atoms with Gasteiger partial charge in [-0.15, -0.1) is 18.3 Å². The van der Waals surface area contributed by atoms with Gasteiger partial charge in [-0.2, -0.15) is 0 Å². The van der Waals surface area contributed by atoms with E-state index in [-0.39, 0.29) is 32.8 Å². The summed E-state index contributed by atoms with van der Waals surface area (Å²) < 4.78 is 47.1. The van der Waals surface area contributed by atoms with Gasteiger partial charge in [0.15, 0.2) is 0 Å². The Kier molecular flexibility index (Phi) is 10.5. The minimum Gasteiger partial charge on any atom is -0.307 e. The predicted molar refractivity (Wildman–Crippen MR) is 92.8 cm³/mol. The monoisotopic (exact) mass is 374 g/mol. The zero-order valence-electron chi connectivity index (χ0n) is 14.1. The van der Waals surface area contributed by atoms with E-state index in [0.29, 0.717) is 0 Å². The van der Waals surface area contributed by atoms with Crippen molar-refractivity contribution >= 4 is 27.0 Å². The SMILES string of the molecule is C=CCC(SC)(P(=O)(OCC)OCC)P(=O)(OCC)OCC. The van der Waals surface area contributed by atoms with E-state index in [4.69, 9.17) is 18.1 Å². The molecule has 0 saturated heterocycles. The molecule has 0 atom stereocenters. The van der Waals surface area contributed by atoms with Crippen molar-refractivity contribution in [2.45, 2.75) is 38.3 Å². The Morgan fingerprint density at radius 2 is 1.23 bits per heavy atom. The van der Waals surface area contributed by atoms with E-state index >= 15 is 0 Å². The normalized spacial score (nSPS) is 13.3. The molecule has 0 aromatic heterocycles. The second-order valence-corrected chi connectivity index (χ2v) is 10.7. The fourth-order valence-electron chi connectivity index (χ4n) is 2.03. The lowest BCUT2D eigenvalue weighted by molar-refractivity contribution is 0.191. The Morgan fingerprint density at radius 1 is 0.909 bits per heavy atom. The molecule has 0 rings (SSSR count). The predicted octanol–water partition coefficient (Wildman–Crippen LogP) is 5.11. The summed E-state index contributed by atoms with van der Waals surface area (Å²) in [6.07, 6.45) is 3.34. The van der Waals surface area contributed by atoms with Gasteiger partial charge in [-0.25, -0.2) is 0 Å². The molecule has 6 nitrogen and oxygen atoms in total. The maximum atomic E-state index is 13.4. The Balaban J connectivity index is 6.26. The molecule has 0 amide bonds. The summed E-state index contributed by atoms with van der Waals surface area (Å²) in [6, 6.07) is 0. The molecule has 0 spiro atoms. The number of thioether (sulfide) groups is 1. The molecule has 0 aliphatic carbocycles. The maximum Gasteiger partial charge on any atom is 0.359 e. The molecule has 0 bridgehead atoms. The van der Waals surface area contributed by atoms with Gasteiger partial charge in [0.25, 0.3) is 0 Å². The summed E-state index contributed by atoms with van der Waals surface area (Å²) in [5.41, 5.74) is 0. The zero-order chi connectivity index (χ0) is 17.3. The Morgan fingerprint density at radius 3 is 1.41 bits per heavy atom. The fraction of sp³-hybridized carbons (Fsp3) is 0.846. The summed E-state index contributed by atoms with van der Waals surface area (Å²) in [7, 11) is -7.56. The molecular weight excluding hydrogens is 346 g/mol. The summed E-state index contributed by atoms with van der Waals surface area (Å²) in [5.74, 6) is 0. The first kappa shape index (κ1) is 22.4. The van der Waals surface area contributed by atoms with Crippen molar-refractivity contribution in [3.8, 4) is 0 Å². The van der Waals surface area contributed by atoms with E-state index in [1.807, 2.05) is 0 Å². The molecule has 0 aromatic carbocycles. The van der Waals surface area contributed by atoms with Crippen molar-refractivity contribution in [2.24, 2.45) is 0 Å². The van der Waals surface area contributed by atoms with Crippen LogP contribution in [0, 0.1) is 0 Å². The van der Waals surface area contributed by atoms with Crippen LogP contribution in [0.25, 0.3) is 0 Å². The number of allylic oxidation sites excluding steroid dienone is 1. The summed E-state index contributed by atoms with van der Waals surface area (Å²) >= 11 is 1.12. The van der Waals surface area contributed by atoms with E-state index in [2.05, 4.69) is 6.58 Å². The first-order valence-corrected chi connectivity index (χ1v) is 11.6. The van der Waals surface area contributed by atoms with Crippen LogP contribution in [0.4, 0.5) is 0 Å². The molecule has 0 radical (unpaired) electrons. The van der Waals surface area contributed by atoms with Crippen molar-refractivity contribution in [1.29, 1.82) is 0 Å². The van der Waals surface area contributed by atoms with E-state index in [9.17, 15) is 9.13 Å². The van der Waals surface area contributed by atoms with Gasteiger partial charge in [-0.05, 0) is 34.0 Å². The molecule has 9 heteroatoms. The van der Waals surface area contributed by atoms with E-state index in [1.165, 1.54) is 6.08 Å². The molecule has 22 heavy (non-hydrogen) atoms. The first-order chi connectivity index (χ1) is 10.4. The van der Waals surface area contributed by atoms with E-state index < -0.39 is 19.4 Å². The average molecular weight is 374 g/mol. The number of rotatable bonds is 13. The summed E-state index contributed by atoms with van der Waals surface area (Å²) in [6.45, 7) is 11.2. The summed E-state index contributed by atoms with van der Waals surface area (Å²) in [5, 5.41) is 0. The van der Waals surface area contributed by atoms with Crippen molar-refractivity contribution < 1.29 is 27.2 Å². The van der Waals surface area contributed by atoms with Crippen LogP contribution >= 0.6 is 27.0 Å². The van der Waals surface area contributed by atoms with Crippen LogP contribution in [0.1, 0.15) is 34.1 Å². The van der Waals surface area contributed by atoms with Gasteiger partial charge < -0.3 is 18.1 Å². The van der Waals surface area contributed by atoms with Crippen LogP contribution in [0.2, 0.25) is 0 Å². The smallest absolute Gasteiger partial charge is 0.307 e. The van der Waals surface area contributed by atoms with Gasteiger partial charge in [0, 0.05) is 6.42 Å². The van der Waals surface area contributed by atoms with Crippen molar-refractivity contribution in [2.75, 3.05) is 32.7 Å². The molecule has 0 aromatic rings. The highest BCUT2D eigenvalue weighted by Gasteiger charge is 2.64. The molecule has 0 aliphatic heterocycles. The second kappa shape index (κ2) is 10.3. The number of hydrogen-bond donors (Lipinski definition) is 0. The van der Waals surface area contributed by atoms with Crippen LogP contribution in [0.3, 0.4) is 0 Å². The highest BCUT2D eigenvalue weighted by Crippen LogP contribution is 2.82. The third-order valence-corrected chi connectivity index (χ3v) is 12.0. The fourth-order valence-corrected chi connectivity index (χ4v) is 9.65. The Labute approximate surface area is 138 Å². The minimum atomic E-state index is -3.78. The topological polar surface area (TPSA) is 71.1 Å². The molecule has 0 heterocycles. The lowest BCUT2D eigenvalue weighted by atomic mass is 10.5. The second-order valence-electron chi connectivity index (χ2n) is 4.11. The lowest BCUT2D eigenvalue weighted by Gasteiger charge is -2.40. The van der Waals surface area contributed by atoms with Gasteiger partial charge in [-0.3, -0.25) is 9.13 Å². The van der Waals surface area contributed by atoms with Crippen LogP contribution < -0.4 is 0 Å². The third kappa shape index (κ3) is 4.47. The molecule has 0 saturated carbocycles. The number of hydrogen-bond acceptors (Lipinski definition) is 7. The highest BCUT2D eigenvalue weighted by atomic mass is 32.2. The molecular formula is C13H28O6P2S. The Bertz CT molecular complexity index is 379. The van der Waals surface area contributed by atoms with Gasteiger partial charge in [0.2, 0.25) is 4.23 Å². The van der Waals surface area contributed by atoms with Crippen LogP contribution in [0.15, 0.2) is 12.7 Å². The van der Waals surface area contributed by atoms with Gasteiger partial charge in [0.05, 0.1) is 26.4 Å². The van der Waals surface area contributed by atoms with Gasteiger partial charge in [0.1, 0.15) is 0 Å². The molecule has 0 N–H and O–H groups in total. The van der Waals surface area contributed by atoms with Crippen LogP contribution in [0.5, 0.6) is 0 Å². The first-order valence-electron chi connectivity index (χ1n) is 7.31. The highest BCUT2D eigenvalue weighted by molar-refractivity contribution is 8.13. The largest absolute Gasteiger partial charge is 0.359 e. The van der Waals surface area contributed by atoms with E-state index in [0.717, 1.165) is 11.8 Å².